The van der Waals surface area contributed by atoms with Gasteiger partial charge in [-0.3, -0.25) is 0 Å². The number of nitrogens with one attached hydrogen (secondary N) is 1. The Morgan fingerprint density at radius 3 is 2.03 bits per heavy atom. The lowest BCUT2D eigenvalue weighted by Gasteiger charge is -2.37. The van der Waals surface area contributed by atoms with E-state index in [0.29, 0.717) is 17.1 Å². The van der Waals surface area contributed by atoms with Crippen LogP contribution in [0, 0.1) is 6.92 Å². The number of aryl methyl sites for hydroxylation is 1. The molecule has 31 heavy (non-hydrogen) atoms. The zero-order valence-corrected chi connectivity index (χ0v) is 16.9. The number of ether oxygens (including phenoxy) is 2. The lowest BCUT2D eigenvalue weighted by molar-refractivity contribution is 0.0225. The number of carbonyl (C=O) groups is 1. The minimum Gasteiger partial charge on any atom is -0.456 e. The second-order valence-electron chi connectivity index (χ2n) is 7.84. The molecule has 1 N–H and O–H groups in total. The average molecular weight is 405 g/mol. The maximum absolute atomic E-state index is 13.3. The summed E-state index contributed by atoms with van der Waals surface area (Å²) in [7, 11) is 0. The van der Waals surface area contributed by atoms with Gasteiger partial charge >= 0.3 is 5.97 Å². The van der Waals surface area contributed by atoms with Gasteiger partial charge in [-0.25, -0.2) is 4.79 Å². The number of para-hydroxylation sites is 3. The molecule has 4 heteroatoms. The first-order valence-corrected chi connectivity index (χ1v) is 10.2. The van der Waals surface area contributed by atoms with E-state index >= 15 is 0 Å². The highest BCUT2D eigenvalue weighted by atomic mass is 16.6. The molecule has 0 amide bonds. The number of esters is 1. The standard InChI is InChI=1S/C27H19NO3/c1-17-15-16-21(28-18-9-3-2-4-10-18)25-24(17)26(29)31-27(25)19-11-5-7-13-22(19)30-23-14-8-6-12-20(23)27/h2-16,28H,1H3. The summed E-state index contributed by atoms with van der Waals surface area (Å²) in [6, 6.07) is 29.5. The summed E-state index contributed by atoms with van der Waals surface area (Å²) in [6.07, 6.45) is 0. The van der Waals surface area contributed by atoms with Gasteiger partial charge < -0.3 is 14.8 Å². The quantitative estimate of drug-likeness (QED) is 0.397. The summed E-state index contributed by atoms with van der Waals surface area (Å²) >= 11 is 0. The molecule has 0 saturated carbocycles. The van der Waals surface area contributed by atoms with Crippen LogP contribution in [0.4, 0.5) is 11.4 Å². The lowest BCUT2D eigenvalue weighted by atomic mass is 9.76. The number of hydrogen-bond acceptors (Lipinski definition) is 4. The number of benzene rings is 4. The monoisotopic (exact) mass is 405 g/mol. The molecule has 6 rings (SSSR count). The smallest absolute Gasteiger partial charge is 0.340 e. The lowest BCUT2D eigenvalue weighted by Crippen LogP contribution is -2.33. The minimum atomic E-state index is -1.08. The van der Waals surface area contributed by atoms with Crippen molar-refractivity contribution in [2.45, 2.75) is 12.5 Å². The number of anilines is 2. The van der Waals surface area contributed by atoms with E-state index in [-0.39, 0.29) is 5.97 Å². The average Bonchev–Trinajstić information content (AvgIpc) is 3.11. The summed E-state index contributed by atoms with van der Waals surface area (Å²) in [4.78, 5) is 13.3. The maximum Gasteiger partial charge on any atom is 0.340 e. The molecule has 4 nitrogen and oxygen atoms in total. The van der Waals surface area contributed by atoms with E-state index in [9.17, 15) is 4.79 Å². The van der Waals surface area contributed by atoms with E-state index in [1.165, 1.54) is 0 Å². The van der Waals surface area contributed by atoms with Crippen LogP contribution in [0.1, 0.15) is 32.6 Å². The third-order valence-electron chi connectivity index (χ3n) is 6.02. The molecule has 2 aliphatic heterocycles. The second kappa shape index (κ2) is 6.47. The van der Waals surface area contributed by atoms with Gasteiger partial charge in [0.1, 0.15) is 11.5 Å². The molecule has 2 aliphatic rings. The van der Waals surface area contributed by atoms with E-state index in [1.807, 2.05) is 97.9 Å². The van der Waals surface area contributed by atoms with Crippen molar-refractivity contribution in [3.8, 4) is 11.5 Å². The molecule has 0 aromatic heterocycles. The molecule has 1 spiro atoms. The van der Waals surface area contributed by atoms with Crippen molar-refractivity contribution in [2.24, 2.45) is 0 Å². The van der Waals surface area contributed by atoms with Gasteiger partial charge in [-0.05, 0) is 42.8 Å². The highest BCUT2D eigenvalue weighted by Crippen LogP contribution is 2.58. The van der Waals surface area contributed by atoms with Crippen LogP contribution >= 0.6 is 0 Å². The molecular formula is C27H19NO3. The third kappa shape index (κ3) is 2.45. The first-order valence-electron chi connectivity index (χ1n) is 10.2. The number of carbonyl (C=O) groups excluding carboxylic acids is 1. The molecular weight excluding hydrogens is 386 g/mol. The zero-order valence-electron chi connectivity index (χ0n) is 16.9. The van der Waals surface area contributed by atoms with Gasteiger partial charge in [0.05, 0.1) is 5.56 Å². The molecule has 0 atom stereocenters. The van der Waals surface area contributed by atoms with E-state index < -0.39 is 5.60 Å². The predicted molar refractivity (Wildman–Crippen MR) is 119 cm³/mol. The van der Waals surface area contributed by atoms with Crippen LogP contribution < -0.4 is 10.1 Å². The van der Waals surface area contributed by atoms with Gasteiger partial charge in [0.2, 0.25) is 0 Å². The third-order valence-corrected chi connectivity index (χ3v) is 6.02. The van der Waals surface area contributed by atoms with Gasteiger partial charge in [-0.2, -0.15) is 0 Å². The Bertz CT molecular complexity index is 1300. The summed E-state index contributed by atoms with van der Waals surface area (Å²) < 4.78 is 12.5. The molecule has 0 fully saturated rings. The molecule has 150 valence electrons. The van der Waals surface area contributed by atoms with Crippen LogP contribution in [-0.2, 0) is 10.3 Å². The summed E-state index contributed by atoms with van der Waals surface area (Å²) in [5, 5.41) is 3.51. The van der Waals surface area contributed by atoms with Crippen LogP contribution in [0.25, 0.3) is 0 Å². The van der Waals surface area contributed by atoms with Crippen LogP contribution in [0.2, 0.25) is 0 Å². The molecule has 4 aromatic rings. The fraction of sp³-hybridized carbons (Fsp3) is 0.0741. The molecule has 4 aromatic carbocycles. The van der Waals surface area contributed by atoms with Gasteiger partial charge in [0.25, 0.3) is 0 Å². The molecule has 0 bridgehead atoms. The first-order chi connectivity index (χ1) is 15.2. The Hall–Kier alpha value is -4.05. The van der Waals surface area contributed by atoms with Crippen molar-refractivity contribution < 1.29 is 14.3 Å². The number of hydrogen-bond donors (Lipinski definition) is 1. The summed E-state index contributed by atoms with van der Waals surface area (Å²) in [5.41, 5.74) is 4.65. The zero-order chi connectivity index (χ0) is 21.0. The number of rotatable bonds is 2. The maximum atomic E-state index is 13.3. The Kier molecular flexibility index (Phi) is 3.71. The largest absolute Gasteiger partial charge is 0.456 e. The fourth-order valence-corrected chi connectivity index (χ4v) is 4.69. The van der Waals surface area contributed by atoms with Crippen molar-refractivity contribution in [2.75, 3.05) is 5.32 Å². The Morgan fingerprint density at radius 2 is 1.35 bits per heavy atom. The van der Waals surface area contributed by atoms with E-state index in [1.54, 1.807) is 0 Å². The van der Waals surface area contributed by atoms with Crippen LogP contribution in [-0.4, -0.2) is 5.97 Å². The van der Waals surface area contributed by atoms with Crippen molar-refractivity contribution in [1.29, 1.82) is 0 Å². The van der Waals surface area contributed by atoms with E-state index in [2.05, 4.69) is 5.32 Å². The van der Waals surface area contributed by atoms with E-state index in [0.717, 1.165) is 33.6 Å². The van der Waals surface area contributed by atoms with Crippen molar-refractivity contribution >= 4 is 17.3 Å². The Balaban J connectivity index is 1.70. The second-order valence-corrected chi connectivity index (χ2v) is 7.84. The summed E-state index contributed by atoms with van der Waals surface area (Å²) in [5.74, 6) is 1.05. The fourth-order valence-electron chi connectivity index (χ4n) is 4.69. The number of fused-ring (bicyclic) bond motifs is 6. The topological polar surface area (TPSA) is 47.6 Å². The highest BCUT2D eigenvalue weighted by Gasteiger charge is 2.55. The first kappa shape index (κ1) is 17.8. The van der Waals surface area contributed by atoms with Crippen molar-refractivity contribution in [3.05, 3.63) is 119 Å². The van der Waals surface area contributed by atoms with Crippen LogP contribution in [0.5, 0.6) is 11.5 Å². The normalized spacial score (nSPS) is 14.8. The van der Waals surface area contributed by atoms with E-state index in [4.69, 9.17) is 9.47 Å². The molecule has 0 radical (unpaired) electrons. The van der Waals surface area contributed by atoms with Gasteiger partial charge in [-0.1, -0.05) is 60.7 Å². The predicted octanol–water partition coefficient (Wildman–Crippen LogP) is 6.31. The van der Waals surface area contributed by atoms with Crippen LogP contribution in [0.3, 0.4) is 0 Å². The molecule has 2 heterocycles. The molecule has 0 saturated heterocycles. The Morgan fingerprint density at radius 1 is 0.742 bits per heavy atom. The Labute approximate surface area is 180 Å². The van der Waals surface area contributed by atoms with Gasteiger partial charge in [0, 0.05) is 28.1 Å². The van der Waals surface area contributed by atoms with Gasteiger partial charge in [0.15, 0.2) is 5.60 Å². The SMILES string of the molecule is Cc1ccc(Nc2ccccc2)c2c1C(=O)OC21c2ccccc2Oc2ccccc21. The van der Waals surface area contributed by atoms with Crippen molar-refractivity contribution in [1.82, 2.24) is 0 Å². The van der Waals surface area contributed by atoms with Gasteiger partial charge in [-0.15, -0.1) is 0 Å². The van der Waals surface area contributed by atoms with Crippen LogP contribution in [0.15, 0.2) is 91.0 Å². The summed E-state index contributed by atoms with van der Waals surface area (Å²) in [6.45, 7) is 1.95. The highest BCUT2D eigenvalue weighted by molar-refractivity contribution is 6.01. The molecule has 0 unspecified atom stereocenters. The van der Waals surface area contributed by atoms with Crippen molar-refractivity contribution in [3.63, 3.8) is 0 Å². The minimum absolute atomic E-state index is 0.323. The molecule has 0 aliphatic carbocycles.